The number of aromatic amines is 1. The molecule has 0 aliphatic heterocycles. The van der Waals surface area contributed by atoms with Crippen molar-refractivity contribution in [2.75, 3.05) is 6.54 Å². The maximum atomic E-state index is 13.1. The van der Waals surface area contributed by atoms with Gasteiger partial charge >= 0.3 is 0 Å². The summed E-state index contributed by atoms with van der Waals surface area (Å²) in [7, 11) is 0. The number of carbonyl (C=O) groups excluding carboxylic acids is 1. The molecular formula is C16H19FN2O3. The molecule has 118 valence electrons. The Hall–Kier alpha value is -2.21. The molecule has 0 saturated heterocycles. The zero-order valence-electron chi connectivity index (χ0n) is 12.6. The normalized spacial score (nSPS) is 11.6. The molecule has 0 bridgehead atoms. The van der Waals surface area contributed by atoms with Gasteiger partial charge in [-0.15, -0.1) is 0 Å². The number of aliphatic hydroxyl groups is 1. The van der Waals surface area contributed by atoms with Gasteiger partial charge in [0.05, 0.1) is 11.1 Å². The van der Waals surface area contributed by atoms with Crippen molar-refractivity contribution in [3.05, 3.63) is 46.0 Å². The molecule has 0 atom stereocenters. The van der Waals surface area contributed by atoms with Crippen molar-refractivity contribution in [1.82, 2.24) is 10.3 Å². The van der Waals surface area contributed by atoms with Gasteiger partial charge in [0.15, 0.2) is 0 Å². The van der Waals surface area contributed by atoms with Gasteiger partial charge < -0.3 is 15.4 Å². The van der Waals surface area contributed by atoms with Crippen molar-refractivity contribution < 1.29 is 14.3 Å². The fraction of sp³-hybridized carbons (Fsp3) is 0.375. The van der Waals surface area contributed by atoms with E-state index in [1.165, 1.54) is 12.1 Å². The third kappa shape index (κ3) is 4.39. The number of amides is 1. The second kappa shape index (κ2) is 6.27. The number of halogens is 1. The van der Waals surface area contributed by atoms with Crippen LogP contribution in [0.1, 0.15) is 25.8 Å². The molecular weight excluding hydrogens is 287 g/mol. The number of fused-ring (bicyclic) bond motifs is 1. The summed E-state index contributed by atoms with van der Waals surface area (Å²) in [5.41, 5.74) is -0.397. The summed E-state index contributed by atoms with van der Waals surface area (Å²) in [5, 5.41) is 12.9. The van der Waals surface area contributed by atoms with Crippen LogP contribution >= 0.6 is 0 Å². The van der Waals surface area contributed by atoms with Crippen molar-refractivity contribution in [2.24, 2.45) is 0 Å². The minimum absolute atomic E-state index is 0.145. The first-order valence-corrected chi connectivity index (χ1v) is 7.05. The van der Waals surface area contributed by atoms with E-state index in [4.69, 9.17) is 0 Å². The average Bonchev–Trinajstić information content (AvgIpc) is 2.42. The van der Waals surface area contributed by atoms with Gasteiger partial charge in [-0.3, -0.25) is 9.59 Å². The summed E-state index contributed by atoms with van der Waals surface area (Å²) in [5.74, 6) is -0.650. The first-order valence-electron chi connectivity index (χ1n) is 7.05. The van der Waals surface area contributed by atoms with Crippen LogP contribution in [0.15, 0.2) is 29.1 Å². The molecule has 0 fully saturated rings. The summed E-state index contributed by atoms with van der Waals surface area (Å²) < 4.78 is 13.1. The Morgan fingerprint density at radius 2 is 2.09 bits per heavy atom. The van der Waals surface area contributed by atoms with Gasteiger partial charge in [-0.25, -0.2) is 4.39 Å². The molecule has 0 radical (unpaired) electrons. The third-order valence-corrected chi connectivity index (χ3v) is 3.22. The molecule has 2 aromatic rings. The predicted molar refractivity (Wildman–Crippen MR) is 82.2 cm³/mol. The Bertz CT molecular complexity index is 747. The molecule has 0 aliphatic carbocycles. The third-order valence-electron chi connectivity index (χ3n) is 3.22. The van der Waals surface area contributed by atoms with E-state index in [-0.39, 0.29) is 30.9 Å². The number of aromatic nitrogens is 1. The summed E-state index contributed by atoms with van der Waals surface area (Å²) in [6.07, 6.45) is 0.423. The molecule has 1 heterocycles. The van der Waals surface area contributed by atoms with Gasteiger partial charge in [-0.05, 0) is 49.9 Å². The highest BCUT2D eigenvalue weighted by Crippen LogP contribution is 2.13. The first-order chi connectivity index (χ1) is 10.2. The Labute approximate surface area is 127 Å². The number of rotatable bonds is 5. The van der Waals surface area contributed by atoms with Gasteiger partial charge in [0, 0.05) is 18.5 Å². The topological polar surface area (TPSA) is 82.2 Å². The molecule has 0 aliphatic rings. The number of carbonyl (C=O) groups is 1. The Morgan fingerprint density at radius 1 is 1.36 bits per heavy atom. The summed E-state index contributed by atoms with van der Waals surface area (Å²) in [6, 6.07) is 5.83. The molecule has 3 N–H and O–H groups in total. The fourth-order valence-electron chi connectivity index (χ4n) is 2.06. The highest BCUT2D eigenvalue weighted by Gasteiger charge is 2.14. The predicted octanol–water partition coefficient (Wildman–Crippen LogP) is 1.49. The van der Waals surface area contributed by atoms with Crippen LogP contribution in [0.3, 0.4) is 0 Å². The molecule has 1 amide bonds. The number of pyridine rings is 1. The van der Waals surface area contributed by atoms with Crippen LogP contribution in [0.4, 0.5) is 4.39 Å². The number of H-pyrrole nitrogens is 1. The lowest BCUT2D eigenvalue weighted by molar-refractivity contribution is -0.122. The Kier molecular flexibility index (Phi) is 4.61. The maximum absolute atomic E-state index is 13.1. The molecule has 5 nitrogen and oxygen atoms in total. The van der Waals surface area contributed by atoms with E-state index in [1.54, 1.807) is 26.0 Å². The second-order valence-corrected chi connectivity index (χ2v) is 5.94. The van der Waals surface area contributed by atoms with Crippen LogP contribution in [0.25, 0.3) is 10.9 Å². The molecule has 22 heavy (non-hydrogen) atoms. The molecule has 0 unspecified atom stereocenters. The van der Waals surface area contributed by atoms with E-state index >= 15 is 0 Å². The van der Waals surface area contributed by atoms with E-state index < -0.39 is 11.4 Å². The SMILES string of the molecule is CC(C)(O)CNC(=O)CCc1cc2ccc(F)cc2[nH]c1=O. The molecule has 1 aromatic carbocycles. The highest BCUT2D eigenvalue weighted by atomic mass is 19.1. The first kappa shape index (κ1) is 16.2. The van der Waals surface area contributed by atoms with Crippen molar-refractivity contribution in [1.29, 1.82) is 0 Å². The highest BCUT2D eigenvalue weighted by molar-refractivity contribution is 5.79. The quantitative estimate of drug-likeness (QED) is 0.782. The second-order valence-electron chi connectivity index (χ2n) is 5.94. The van der Waals surface area contributed by atoms with Crippen LogP contribution in [0.2, 0.25) is 0 Å². The fourth-order valence-corrected chi connectivity index (χ4v) is 2.06. The van der Waals surface area contributed by atoms with Crippen molar-refractivity contribution in [3.63, 3.8) is 0 Å². The van der Waals surface area contributed by atoms with Crippen molar-refractivity contribution in [2.45, 2.75) is 32.3 Å². The van der Waals surface area contributed by atoms with Gasteiger partial charge in [0.2, 0.25) is 5.91 Å². The van der Waals surface area contributed by atoms with E-state index in [2.05, 4.69) is 10.3 Å². The van der Waals surface area contributed by atoms with E-state index in [9.17, 15) is 19.1 Å². The number of aryl methyl sites for hydroxylation is 1. The minimum Gasteiger partial charge on any atom is -0.389 e. The summed E-state index contributed by atoms with van der Waals surface area (Å²) in [4.78, 5) is 26.2. The molecule has 6 heteroatoms. The van der Waals surface area contributed by atoms with Crippen LogP contribution in [0, 0.1) is 5.82 Å². The molecule has 2 rings (SSSR count). The summed E-state index contributed by atoms with van der Waals surface area (Å²) >= 11 is 0. The molecule has 0 spiro atoms. The van der Waals surface area contributed by atoms with E-state index in [1.807, 2.05) is 0 Å². The lowest BCUT2D eigenvalue weighted by Gasteiger charge is -2.17. The Morgan fingerprint density at radius 3 is 2.77 bits per heavy atom. The van der Waals surface area contributed by atoms with Gasteiger partial charge in [-0.1, -0.05) is 0 Å². The average molecular weight is 306 g/mol. The molecule has 1 aromatic heterocycles. The maximum Gasteiger partial charge on any atom is 0.251 e. The summed E-state index contributed by atoms with van der Waals surface area (Å²) in [6.45, 7) is 3.35. The van der Waals surface area contributed by atoms with Gasteiger partial charge in [0.1, 0.15) is 5.82 Å². The zero-order chi connectivity index (χ0) is 16.3. The number of nitrogens with one attached hydrogen (secondary N) is 2. The van der Waals surface area contributed by atoms with Crippen LogP contribution in [0.5, 0.6) is 0 Å². The largest absolute Gasteiger partial charge is 0.389 e. The van der Waals surface area contributed by atoms with Crippen LogP contribution < -0.4 is 10.9 Å². The number of hydrogen-bond donors (Lipinski definition) is 3. The zero-order valence-corrected chi connectivity index (χ0v) is 12.6. The number of benzene rings is 1. The standard InChI is InChI=1S/C16H19FN2O3/c1-16(2,22)9-18-14(20)6-4-11-7-10-3-5-12(17)8-13(10)19-15(11)21/h3,5,7-8,22H,4,6,9H2,1-2H3,(H,18,20)(H,19,21). The van der Waals surface area contributed by atoms with Crippen molar-refractivity contribution >= 4 is 16.8 Å². The van der Waals surface area contributed by atoms with Gasteiger partial charge in [-0.2, -0.15) is 0 Å². The van der Waals surface area contributed by atoms with Crippen molar-refractivity contribution in [3.8, 4) is 0 Å². The lowest BCUT2D eigenvalue weighted by Crippen LogP contribution is -2.38. The minimum atomic E-state index is -0.972. The smallest absolute Gasteiger partial charge is 0.251 e. The molecule has 0 saturated carbocycles. The van der Waals surface area contributed by atoms with Crippen LogP contribution in [-0.2, 0) is 11.2 Å². The van der Waals surface area contributed by atoms with Crippen LogP contribution in [-0.4, -0.2) is 28.1 Å². The van der Waals surface area contributed by atoms with E-state index in [0.29, 0.717) is 16.5 Å². The Balaban J connectivity index is 2.05. The monoisotopic (exact) mass is 306 g/mol. The van der Waals surface area contributed by atoms with Gasteiger partial charge in [0.25, 0.3) is 5.56 Å². The lowest BCUT2D eigenvalue weighted by atomic mass is 10.1. The number of hydrogen-bond acceptors (Lipinski definition) is 3. The van der Waals surface area contributed by atoms with E-state index in [0.717, 1.165) is 0 Å².